The minimum Gasteiger partial charge on any atom is -0.463 e. The molecular weight excluding hydrogens is 258 g/mol. The first-order valence-electron chi connectivity index (χ1n) is 5.66. The molecule has 1 aromatic rings. The maximum atomic E-state index is 9.64. The Morgan fingerprint density at radius 1 is 1.26 bits per heavy atom. The van der Waals surface area contributed by atoms with Crippen LogP contribution in [0.1, 0.15) is 5.76 Å². The van der Waals surface area contributed by atoms with Gasteiger partial charge in [0.1, 0.15) is 36.4 Å². The van der Waals surface area contributed by atoms with Gasteiger partial charge in [-0.25, -0.2) is 0 Å². The van der Waals surface area contributed by atoms with Crippen molar-refractivity contribution in [2.75, 3.05) is 6.61 Å². The summed E-state index contributed by atoms with van der Waals surface area (Å²) in [5.41, 5.74) is 0. The van der Waals surface area contributed by atoms with Gasteiger partial charge in [0.15, 0.2) is 0 Å². The van der Waals surface area contributed by atoms with Crippen LogP contribution in [0.25, 0.3) is 0 Å². The molecule has 0 amide bonds. The molecular formula is C11H15NO7. The fourth-order valence-corrected chi connectivity index (χ4v) is 1.66. The van der Waals surface area contributed by atoms with E-state index in [-0.39, 0.29) is 0 Å². The smallest absolute Gasteiger partial charge is 0.256 e. The van der Waals surface area contributed by atoms with Gasteiger partial charge in [0.05, 0.1) is 12.9 Å². The number of rotatable bonds is 4. The Morgan fingerprint density at radius 2 is 2.05 bits per heavy atom. The highest BCUT2D eigenvalue weighted by Crippen LogP contribution is 2.21. The summed E-state index contributed by atoms with van der Waals surface area (Å²) in [5.74, 6) is 0.435. The topological polar surface area (TPSA) is 125 Å². The van der Waals surface area contributed by atoms with E-state index in [1.54, 1.807) is 12.1 Å². The molecule has 0 aromatic carbocycles. The van der Waals surface area contributed by atoms with Gasteiger partial charge in [-0.15, -0.1) is 0 Å². The summed E-state index contributed by atoms with van der Waals surface area (Å²) in [7, 11) is 0. The lowest BCUT2D eigenvalue weighted by Crippen LogP contribution is -2.58. The van der Waals surface area contributed by atoms with Crippen LogP contribution >= 0.6 is 0 Å². The molecule has 0 aliphatic carbocycles. The van der Waals surface area contributed by atoms with Gasteiger partial charge in [-0.05, 0) is 12.1 Å². The van der Waals surface area contributed by atoms with Gasteiger partial charge in [-0.1, -0.05) is 5.16 Å². The number of hydrogen-bond acceptors (Lipinski definition) is 8. The van der Waals surface area contributed by atoms with Crippen molar-refractivity contribution >= 4 is 6.21 Å². The van der Waals surface area contributed by atoms with Crippen LogP contribution in [0.3, 0.4) is 0 Å². The Morgan fingerprint density at radius 3 is 2.68 bits per heavy atom. The molecule has 4 N–H and O–H groups in total. The number of aliphatic hydroxyl groups is 4. The normalized spacial score (nSPS) is 35.7. The third kappa shape index (κ3) is 3.11. The van der Waals surface area contributed by atoms with Crippen molar-refractivity contribution < 1.29 is 34.4 Å². The van der Waals surface area contributed by atoms with Crippen molar-refractivity contribution in [1.82, 2.24) is 0 Å². The summed E-state index contributed by atoms with van der Waals surface area (Å²) in [6.07, 6.45) is -4.00. The largest absolute Gasteiger partial charge is 0.463 e. The Hall–Kier alpha value is -1.45. The van der Waals surface area contributed by atoms with Crippen LogP contribution in [0.2, 0.25) is 0 Å². The molecule has 1 fully saturated rings. The molecule has 0 radical (unpaired) electrons. The minimum atomic E-state index is -1.49. The SMILES string of the molecule is OCC1O[C@@H](O/N=C/c2ccco2)C(O)[C@@H](O)C1O. The molecule has 1 aliphatic heterocycles. The summed E-state index contributed by atoms with van der Waals surface area (Å²) in [6.45, 7) is -0.521. The maximum absolute atomic E-state index is 9.64. The molecule has 8 nitrogen and oxygen atoms in total. The number of nitrogens with zero attached hydrogens (tertiary/aromatic N) is 1. The average molecular weight is 273 g/mol. The van der Waals surface area contributed by atoms with E-state index in [4.69, 9.17) is 19.1 Å². The molecule has 1 aliphatic rings. The third-order valence-electron chi connectivity index (χ3n) is 2.74. The average Bonchev–Trinajstić information content (AvgIpc) is 2.92. The summed E-state index contributed by atoms with van der Waals surface area (Å²) in [4.78, 5) is 4.87. The number of furan rings is 1. The Labute approximate surface area is 108 Å². The van der Waals surface area contributed by atoms with Crippen LogP contribution < -0.4 is 0 Å². The van der Waals surface area contributed by atoms with Crippen molar-refractivity contribution in [3.05, 3.63) is 24.2 Å². The van der Waals surface area contributed by atoms with Gasteiger partial charge < -0.3 is 34.4 Å². The predicted octanol–water partition coefficient (Wildman–Crippen LogP) is -1.57. The summed E-state index contributed by atoms with van der Waals surface area (Å²) < 4.78 is 10.0. The van der Waals surface area contributed by atoms with Gasteiger partial charge >= 0.3 is 0 Å². The van der Waals surface area contributed by atoms with E-state index in [1.807, 2.05) is 0 Å². The lowest BCUT2D eigenvalue weighted by atomic mass is 9.99. The van der Waals surface area contributed by atoms with E-state index in [0.29, 0.717) is 5.76 Å². The second-order valence-corrected chi connectivity index (χ2v) is 4.05. The van der Waals surface area contributed by atoms with E-state index in [2.05, 4.69) is 5.16 Å². The van der Waals surface area contributed by atoms with Crippen molar-refractivity contribution in [2.24, 2.45) is 5.16 Å². The number of oxime groups is 1. The molecule has 3 unspecified atom stereocenters. The van der Waals surface area contributed by atoms with Crippen LogP contribution in [0.5, 0.6) is 0 Å². The monoisotopic (exact) mass is 273 g/mol. The molecule has 2 rings (SSSR count). The van der Waals surface area contributed by atoms with Crippen molar-refractivity contribution in [3.63, 3.8) is 0 Å². The zero-order chi connectivity index (χ0) is 13.8. The van der Waals surface area contributed by atoms with E-state index in [1.165, 1.54) is 12.5 Å². The predicted molar refractivity (Wildman–Crippen MR) is 61.2 cm³/mol. The van der Waals surface area contributed by atoms with Gasteiger partial charge in [0.25, 0.3) is 6.29 Å². The third-order valence-corrected chi connectivity index (χ3v) is 2.74. The molecule has 106 valence electrons. The van der Waals surface area contributed by atoms with Crippen molar-refractivity contribution in [1.29, 1.82) is 0 Å². The van der Waals surface area contributed by atoms with Crippen LogP contribution in [0.4, 0.5) is 0 Å². The van der Waals surface area contributed by atoms with Crippen LogP contribution in [-0.4, -0.2) is 64.0 Å². The quantitative estimate of drug-likeness (QED) is 0.386. The number of aliphatic hydroxyl groups excluding tert-OH is 4. The highest BCUT2D eigenvalue weighted by molar-refractivity contribution is 5.74. The fraction of sp³-hybridized carbons (Fsp3) is 0.545. The summed E-state index contributed by atoms with van der Waals surface area (Å²) in [5, 5.41) is 41.2. The first kappa shape index (κ1) is 14.0. The Balaban J connectivity index is 1.95. The van der Waals surface area contributed by atoms with Crippen LogP contribution in [0, 0.1) is 0 Å². The van der Waals surface area contributed by atoms with E-state index >= 15 is 0 Å². The zero-order valence-corrected chi connectivity index (χ0v) is 9.86. The van der Waals surface area contributed by atoms with E-state index < -0.39 is 37.3 Å². The van der Waals surface area contributed by atoms with Gasteiger partial charge in [-0.3, -0.25) is 0 Å². The maximum Gasteiger partial charge on any atom is 0.256 e. The molecule has 1 saturated heterocycles. The standard InChI is InChI=1S/C11H15NO7/c13-5-7-8(14)9(15)10(16)11(18-7)19-12-4-6-2-1-3-17-6/h1-4,7-11,13-16H,5H2/b12-4+/t7?,8?,9-,10?,11-/m0/s1. The Kier molecular flexibility index (Phi) is 4.51. The number of hydrogen-bond donors (Lipinski definition) is 4. The molecule has 19 heavy (non-hydrogen) atoms. The molecule has 1 aromatic heterocycles. The second-order valence-electron chi connectivity index (χ2n) is 4.05. The zero-order valence-electron chi connectivity index (χ0n) is 9.86. The van der Waals surface area contributed by atoms with Crippen molar-refractivity contribution in [3.8, 4) is 0 Å². The van der Waals surface area contributed by atoms with Gasteiger partial charge in [0, 0.05) is 0 Å². The molecule has 8 heteroatoms. The van der Waals surface area contributed by atoms with Crippen molar-refractivity contribution in [2.45, 2.75) is 30.7 Å². The first-order chi connectivity index (χ1) is 9.13. The van der Waals surface area contributed by atoms with E-state index in [0.717, 1.165) is 0 Å². The molecule has 2 heterocycles. The van der Waals surface area contributed by atoms with Crippen LogP contribution in [0.15, 0.2) is 28.0 Å². The fourth-order valence-electron chi connectivity index (χ4n) is 1.66. The Bertz CT molecular complexity index is 405. The highest BCUT2D eigenvalue weighted by Gasteiger charge is 2.44. The molecule has 0 spiro atoms. The minimum absolute atomic E-state index is 0.435. The summed E-state index contributed by atoms with van der Waals surface area (Å²) >= 11 is 0. The molecule has 0 bridgehead atoms. The van der Waals surface area contributed by atoms with Crippen LogP contribution in [-0.2, 0) is 9.57 Å². The molecule has 0 saturated carbocycles. The lowest BCUT2D eigenvalue weighted by Gasteiger charge is -2.38. The summed E-state index contributed by atoms with van der Waals surface area (Å²) in [6, 6.07) is 3.30. The molecule has 5 atom stereocenters. The van der Waals surface area contributed by atoms with Gasteiger partial charge in [0.2, 0.25) is 0 Å². The van der Waals surface area contributed by atoms with E-state index in [9.17, 15) is 15.3 Å². The van der Waals surface area contributed by atoms with Gasteiger partial charge in [-0.2, -0.15) is 0 Å². The second kappa shape index (κ2) is 6.13. The first-order valence-corrected chi connectivity index (χ1v) is 5.66. The lowest BCUT2D eigenvalue weighted by molar-refractivity contribution is -0.301. The number of ether oxygens (including phenoxy) is 1. The highest BCUT2D eigenvalue weighted by atomic mass is 16.8.